The normalized spacial score (nSPS) is 21.3. The molecule has 0 spiro atoms. The van der Waals surface area contributed by atoms with Crippen molar-refractivity contribution in [3.63, 3.8) is 0 Å². The van der Waals surface area contributed by atoms with Gasteiger partial charge < -0.3 is 31.2 Å². The molecular weight excluding hydrogens is 474 g/mol. The molecule has 4 atom stereocenters. The van der Waals surface area contributed by atoms with Crippen LogP contribution in [0.3, 0.4) is 0 Å². The number of fused-ring (bicyclic) bond motifs is 1. The zero-order chi connectivity index (χ0) is 25.9. The Bertz CT molecular complexity index is 1060. The second-order valence-corrected chi connectivity index (χ2v) is 10.7. The molecule has 0 radical (unpaired) electrons. The summed E-state index contributed by atoms with van der Waals surface area (Å²) in [5.74, 6) is -0.353. The van der Waals surface area contributed by atoms with Crippen molar-refractivity contribution in [1.29, 1.82) is 0 Å². The molecule has 0 aromatic carbocycles. The van der Waals surface area contributed by atoms with Gasteiger partial charge in [-0.05, 0) is 31.1 Å². The summed E-state index contributed by atoms with van der Waals surface area (Å²) >= 11 is 6.16. The molecule has 1 saturated carbocycles. The lowest BCUT2D eigenvalue weighted by Crippen LogP contribution is -2.36. The van der Waals surface area contributed by atoms with Gasteiger partial charge >= 0.3 is 11.9 Å². The first-order valence-electron chi connectivity index (χ1n) is 11.9. The first kappa shape index (κ1) is 27.1. The molecular formula is C23H36ClN7O4. The van der Waals surface area contributed by atoms with Crippen molar-refractivity contribution < 1.29 is 19.1 Å². The molecule has 2 unspecified atom stereocenters. The van der Waals surface area contributed by atoms with Crippen LogP contribution in [0.2, 0.25) is 5.15 Å². The third-order valence-corrected chi connectivity index (χ3v) is 6.53. The van der Waals surface area contributed by atoms with Crippen molar-refractivity contribution in [2.24, 2.45) is 34.6 Å². The molecule has 2 aromatic heterocycles. The highest BCUT2D eigenvalue weighted by atomic mass is 35.5. The Labute approximate surface area is 210 Å². The molecule has 2 aromatic rings. The zero-order valence-corrected chi connectivity index (χ0v) is 21.5. The summed E-state index contributed by atoms with van der Waals surface area (Å²) in [6, 6.07) is -1.37. The van der Waals surface area contributed by atoms with Crippen LogP contribution >= 0.6 is 11.6 Å². The van der Waals surface area contributed by atoms with Gasteiger partial charge in [0.05, 0.1) is 19.5 Å². The highest BCUT2D eigenvalue weighted by Crippen LogP contribution is 2.54. The van der Waals surface area contributed by atoms with Crippen LogP contribution in [-0.2, 0) is 25.6 Å². The smallest absolute Gasteiger partial charge is 0.322 e. The number of aromatic nitrogens is 4. The summed E-state index contributed by atoms with van der Waals surface area (Å²) < 4.78 is 12.9. The third kappa shape index (κ3) is 6.80. The van der Waals surface area contributed by atoms with Crippen molar-refractivity contribution in [3.05, 3.63) is 11.5 Å². The number of imidazole rings is 1. The zero-order valence-electron chi connectivity index (χ0n) is 20.7. The van der Waals surface area contributed by atoms with Gasteiger partial charge in [-0.3, -0.25) is 9.59 Å². The molecule has 1 fully saturated rings. The fourth-order valence-electron chi connectivity index (χ4n) is 4.28. The van der Waals surface area contributed by atoms with Gasteiger partial charge in [-0.1, -0.05) is 39.3 Å². The second-order valence-electron chi connectivity index (χ2n) is 10.4. The lowest BCUT2D eigenvalue weighted by molar-refractivity contribution is -0.150. The summed E-state index contributed by atoms with van der Waals surface area (Å²) in [6.07, 6.45) is 3.34. The van der Waals surface area contributed by atoms with E-state index in [1.807, 2.05) is 27.7 Å². The molecule has 1 aliphatic rings. The predicted octanol–water partition coefficient (Wildman–Crippen LogP) is 1.90. The van der Waals surface area contributed by atoms with Crippen LogP contribution in [0.25, 0.3) is 11.2 Å². The number of nitrogen functional groups attached to an aromatic ring is 1. The van der Waals surface area contributed by atoms with E-state index in [4.69, 9.17) is 38.3 Å². The molecule has 0 amide bonds. The second kappa shape index (κ2) is 11.0. The van der Waals surface area contributed by atoms with Gasteiger partial charge in [-0.25, -0.2) is 4.98 Å². The van der Waals surface area contributed by atoms with E-state index in [1.165, 1.54) is 0 Å². The van der Waals surface area contributed by atoms with Gasteiger partial charge in [0, 0.05) is 17.9 Å². The van der Waals surface area contributed by atoms with Crippen LogP contribution in [0.1, 0.15) is 47.0 Å². The van der Waals surface area contributed by atoms with Crippen molar-refractivity contribution in [3.8, 4) is 0 Å². The Morgan fingerprint density at radius 3 is 2.31 bits per heavy atom. The molecule has 3 rings (SSSR count). The Hall–Kier alpha value is -2.50. The minimum Gasteiger partial charge on any atom is -0.464 e. The number of halogens is 1. The Morgan fingerprint density at radius 2 is 1.71 bits per heavy atom. The highest BCUT2D eigenvalue weighted by molar-refractivity contribution is 6.33. The molecule has 0 bridgehead atoms. The number of nitrogens with zero attached hydrogens (tertiary/aromatic N) is 4. The first-order valence-corrected chi connectivity index (χ1v) is 12.3. The molecule has 35 heavy (non-hydrogen) atoms. The van der Waals surface area contributed by atoms with E-state index < -0.39 is 29.4 Å². The summed E-state index contributed by atoms with van der Waals surface area (Å²) in [5.41, 5.74) is 18.1. The minimum atomic E-state index is -0.698. The Morgan fingerprint density at radius 1 is 1.11 bits per heavy atom. The summed E-state index contributed by atoms with van der Waals surface area (Å²) in [4.78, 5) is 37.3. The first-order chi connectivity index (χ1) is 16.4. The monoisotopic (exact) mass is 509 g/mol. The van der Waals surface area contributed by atoms with E-state index in [0.29, 0.717) is 37.0 Å². The fourth-order valence-corrected chi connectivity index (χ4v) is 4.50. The predicted molar refractivity (Wildman–Crippen MR) is 132 cm³/mol. The van der Waals surface area contributed by atoms with Crippen molar-refractivity contribution in [2.45, 2.75) is 65.6 Å². The number of nitrogens with two attached hydrogens (primary N) is 3. The lowest BCUT2D eigenvalue weighted by Gasteiger charge is -2.21. The van der Waals surface area contributed by atoms with Gasteiger partial charge in [0.15, 0.2) is 10.8 Å². The number of carbonyl (C=O) groups excluding carboxylic acids is 2. The maximum atomic E-state index is 12.5. The van der Waals surface area contributed by atoms with Crippen LogP contribution in [0.4, 0.5) is 5.95 Å². The fraction of sp³-hybridized carbons (Fsp3) is 0.696. The van der Waals surface area contributed by atoms with Gasteiger partial charge in [0.25, 0.3) is 0 Å². The standard InChI is InChI=1S/C23H36ClN7O4/c1-12(2)5-15(25)20(32)34-8-14-7-23(14,10-35-21(33)16(26)6-13(3)4)9-31-11-28-17-18(24)29-22(27)30-19(17)31/h11-16H,5-10,25-26H2,1-4H3,(H2,27,29,30)/t14?,15-,16-,23?/m0/s1. The van der Waals surface area contributed by atoms with Crippen molar-refractivity contribution >= 4 is 40.7 Å². The van der Waals surface area contributed by atoms with Crippen LogP contribution in [0.5, 0.6) is 0 Å². The van der Waals surface area contributed by atoms with E-state index >= 15 is 0 Å². The molecule has 194 valence electrons. The Balaban J connectivity index is 1.73. The molecule has 0 aliphatic heterocycles. The van der Waals surface area contributed by atoms with Crippen LogP contribution in [0, 0.1) is 23.2 Å². The molecule has 6 N–H and O–H groups in total. The molecule has 2 heterocycles. The number of anilines is 1. The highest BCUT2D eigenvalue weighted by Gasteiger charge is 2.56. The van der Waals surface area contributed by atoms with E-state index in [9.17, 15) is 9.59 Å². The summed E-state index contributed by atoms with van der Waals surface area (Å²) in [5, 5.41) is 0.159. The van der Waals surface area contributed by atoms with Gasteiger partial charge in [-0.2, -0.15) is 9.97 Å². The van der Waals surface area contributed by atoms with E-state index in [0.717, 1.165) is 0 Å². The lowest BCUT2D eigenvalue weighted by atomic mass is 10.0. The van der Waals surface area contributed by atoms with Crippen molar-refractivity contribution in [1.82, 2.24) is 19.5 Å². The van der Waals surface area contributed by atoms with Gasteiger partial charge in [-0.15, -0.1) is 0 Å². The van der Waals surface area contributed by atoms with Gasteiger partial charge in [0.2, 0.25) is 5.95 Å². The van der Waals surface area contributed by atoms with E-state index in [1.54, 1.807) is 10.9 Å². The Kier molecular flexibility index (Phi) is 8.55. The molecule has 12 heteroatoms. The quantitative estimate of drug-likeness (QED) is 0.283. The van der Waals surface area contributed by atoms with Crippen molar-refractivity contribution in [2.75, 3.05) is 18.9 Å². The van der Waals surface area contributed by atoms with Crippen LogP contribution < -0.4 is 17.2 Å². The number of hydrogen-bond donors (Lipinski definition) is 3. The number of carbonyl (C=O) groups is 2. The SMILES string of the molecule is CC(C)C[C@H](N)C(=O)OCC1CC1(COC(=O)[C@@H](N)CC(C)C)Cn1cnc2c(Cl)nc(N)nc21. The number of ether oxygens (including phenoxy) is 2. The number of rotatable bonds is 12. The number of hydrogen-bond acceptors (Lipinski definition) is 10. The molecule has 1 aliphatic carbocycles. The molecule has 0 saturated heterocycles. The van der Waals surface area contributed by atoms with Crippen LogP contribution in [0.15, 0.2) is 6.33 Å². The topological polar surface area (TPSA) is 174 Å². The maximum Gasteiger partial charge on any atom is 0.322 e. The average molecular weight is 510 g/mol. The summed E-state index contributed by atoms with van der Waals surface area (Å²) in [6.45, 7) is 8.67. The third-order valence-electron chi connectivity index (χ3n) is 6.27. The summed E-state index contributed by atoms with van der Waals surface area (Å²) in [7, 11) is 0. The van der Waals surface area contributed by atoms with E-state index in [2.05, 4.69) is 15.0 Å². The van der Waals surface area contributed by atoms with Gasteiger partial charge in [0.1, 0.15) is 17.6 Å². The van der Waals surface area contributed by atoms with E-state index in [-0.39, 0.29) is 42.1 Å². The molecule has 11 nitrogen and oxygen atoms in total. The minimum absolute atomic E-state index is 0.0322. The average Bonchev–Trinajstić information content (AvgIpc) is 3.29. The maximum absolute atomic E-state index is 12.5. The number of esters is 2. The van der Waals surface area contributed by atoms with Crippen LogP contribution in [-0.4, -0.2) is 56.8 Å². The largest absolute Gasteiger partial charge is 0.464 e.